The van der Waals surface area contributed by atoms with Crippen LogP contribution in [0.15, 0.2) is 54.6 Å². The van der Waals surface area contributed by atoms with Crippen molar-refractivity contribution in [3.63, 3.8) is 0 Å². The van der Waals surface area contributed by atoms with E-state index in [9.17, 15) is 4.79 Å². The number of carbonyl (C=O) groups excluding carboxylic acids is 1. The number of para-hydroxylation sites is 2. The van der Waals surface area contributed by atoms with Gasteiger partial charge in [0.2, 0.25) is 0 Å². The zero-order valence-corrected chi connectivity index (χ0v) is 16.1. The number of hydrogen-bond donors (Lipinski definition) is 1. The summed E-state index contributed by atoms with van der Waals surface area (Å²) < 4.78 is 7.30. The molecule has 0 bridgehead atoms. The van der Waals surface area contributed by atoms with Crippen molar-refractivity contribution in [2.24, 2.45) is 0 Å². The fraction of sp³-hybridized carbons (Fsp3) is 0.227. The van der Waals surface area contributed by atoms with Gasteiger partial charge in [-0.25, -0.2) is 14.8 Å². The molecule has 0 aliphatic carbocycles. The van der Waals surface area contributed by atoms with E-state index < -0.39 is 5.97 Å². The third kappa shape index (κ3) is 2.97. The van der Waals surface area contributed by atoms with Crippen molar-refractivity contribution in [2.75, 3.05) is 5.73 Å². The maximum absolute atomic E-state index is 12.8. The van der Waals surface area contributed by atoms with Gasteiger partial charge in [0.15, 0.2) is 5.65 Å². The van der Waals surface area contributed by atoms with E-state index in [1.807, 2.05) is 66.1 Å². The lowest BCUT2D eigenvalue weighted by Gasteiger charge is -2.17. The molecular formula is C22H22N4O2. The molecule has 142 valence electrons. The molecule has 0 radical (unpaired) electrons. The molecular weight excluding hydrogens is 352 g/mol. The molecule has 0 spiro atoms. The molecule has 2 aromatic heterocycles. The van der Waals surface area contributed by atoms with Gasteiger partial charge in [-0.3, -0.25) is 0 Å². The van der Waals surface area contributed by atoms with Crippen molar-refractivity contribution >= 4 is 34.0 Å². The van der Waals surface area contributed by atoms with Gasteiger partial charge in [0.25, 0.3) is 0 Å². The van der Waals surface area contributed by atoms with Crippen LogP contribution in [0.3, 0.4) is 0 Å². The Morgan fingerprint density at radius 2 is 1.57 bits per heavy atom. The quantitative estimate of drug-likeness (QED) is 0.537. The van der Waals surface area contributed by atoms with E-state index in [-0.39, 0.29) is 17.7 Å². The number of rotatable bonds is 4. The van der Waals surface area contributed by atoms with Crippen LogP contribution in [0.25, 0.3) is 22.2 Å². The van der Waals surface area contributed by atoms with Crippen LogP contribution in [0.2, 0.25) is 0 Å². The number of ether oxygens (including phenoxy) is 1. The first kappa shape index (κ1) is 18.0. The maximum atomic E-state index is 12.8. The largest absolute Gasteiger partial charge is 0.459 e. The van der Waals surface area contributed by atoms with E-state index in [0.29, 0.717) is 22.5 Å². The summed E-state index contributed by atoms with van der Waals surface area (Å²) >= 11 is 0. The van der Waals surface area contributed by atoms with Crippen LogP contribution in [-0.4, -0.2) is 26.6 Å². The molecule has 0 aliphatic heterocycles. The Bertz CT molecular complexity index is 1170. The van der Waals surface area contributed by atoms with Gasteiger partial charge in [0, 0.05) is 0 Å². The topological polar surface area (TPSA) is 83.0 Å². The molecule has 0 unspecified atom stereocenters. The van der Waals surface area contributed by atoms with E-state index in [1.54, 1.807) is 13.8 Å². The Morgan fingerprint density at radius 1 is 0.964 bits per heavy atom. The van der Waals surface area contributed by atoms with Gasteiger partial charge in [-0.15, -0.1) is 0 Å². The van der Waals surface area contributed by atoms with Gasteiger partial charge >= 0.3 is 5.97 Å². The number of nitrogen functional groups attached to an aromatic ring is 1. The third-order valence-electron chi connectivity index (χ3n) is 4.75. The highest BCUT2D eigenvalue weighted by Gasteiger charge is 2.28. The van der Waals surface area contributed by atoms with E-state index in [2.05, 4.69) is 0 Å². The predicted molar refractivity (Wildman–Crippen MR) is 110 cm³/mol. The summed E-state index contributed by atoms with van der Waals surface area (Å²) in [6.45, 7) is 5.64. The molecule has 0 amide bonds. The minimum absolute atomic E-state index is 0.125. The normalized spacial score (nSPS) is 12.6. The van der Waals surface area contributed by atoms with Gasteiger partial charge in [-0.1, -0.05) is 42.5 Å². The Morgan fingerprint density at radius 3 is 2.21 bits per heavy atom. The summed E-state index contributed by atoms with van der Waals surface area (Å²) in [5.74, 6) is -0.173. The Balaban J connectivity index is 2.01. The molecule has 0 saturated carbocycles. The first-order valence-electron chi connectivity index (χ1n) is 9.29. The number of nitrogens with zero attached hydrogens (tertiary/aromatic N) is 3. The standard InChI is InChI=1S/C22H22N4O2/c1-13(2)28-22(27)18-19-21(25-17-12-8-7-11-16(17)24-19)26(20(18)23)14(3)15-9-5-4-6-10-15/h4-14H,23H2,1-3H3/t14-/m0/s1. The lowest BCUT2D eigenvalue weighted by atomic mass is 10.1. The zero-order chi connectivity index (χ0) is 19.8. The highest BCUT2D eigenvalue weighted by molar-refractivity contribution is 6.08. The molecule has 0 saturated heterocycles. The lowest BCUT2D eigenvalue weighted by Crippen LogP contribution is -2.15. The average Bonchev–Trinajstić information content (AvgIpc) is 2.96. The number of hydrogen-bond acceptors (Lipinski definition) is 5. The summed E-state index contributed by atoms with van der Waals surface area (Å²) in [7, 11) is 0. The third-order valence-corrected chi connectivity index (χ3v) is 4.75. The first-order valence-corrected chi connectivity index (χ1v) is 9.29. The van der Waals surface area contributed by atoms with Crippen molar-refractivity contribution in [3.8, 4) is 0 Å². The summed E-state index contributed by atoms with van der Waals surface area (Å²) in [6.07, 6.45) is -0.259. The highest BCUT2D eigenvalue weighted by atomic mass is 16.5. The molecule has 28 heavy (non-hydrogen) atoms. The van der Waals surface area contributed by atoms with Crippen LogP contribution >= 0.6 is 0 Å². The van der Waals surface area contributed by atoms with Gasteiger partial charge in [0.05, 0.1) is 23.2 Å². The number of esters is 1. The monoisotopic (exact) mass is 374 g/mol. The number of nitrogens with two attached hydrogens (primary N) is 1. The first-order chi connectivity index (χ1) is 13.5. The predicted octanol–water partition coefficient (Wildman–Crippen LogP) is 4.34. The molecule has 4 rings (SSSR count). The molecule has 2 aromatic carbocycles. The molecule has 0 aliphatic rings. The zero-order valence-electron chi connectivity index (χ0n) is 16.1. The minimum atomic E-state index is -0.485. The summed E-state index contributed by atoms with van der Waals surface area (Å²) in [5.41, 5.74) is 10.3. The van der Waals surface area contributed by atoms with Crippen LogP contribution in [-0.2, 0) is 4.74 Å². The summed E-state index contributed by atoms with van der Waals surface area (Å²) in [4.78, 5) is 22.3. The Kier molecular flexibility index (Phi) is 4.47. The molecule has 1 atom stereocenters. The average molecular weight is 374 g/mol. The minimum Gasteiger partial charge on any atom is -0.459 e. The Labute approximate surface area is 163 Å². The van der Waals surface area contributed by atoms with Crippen LogP contribution in [0.5, 0.6) is 0 Å². The van der Waals surface area contributed by atoms with E-state index >= 15 is 0 Å². The smallest absolute Gasteiger partial charge is 0.344 e. The van der Waals surface area contributed by atoms with Gasteiger partial charge in [0.1, 0.15) is 16.9 Å². The summed E-state index contributed by atoms with van der Waals surface area (Å²) in [6, 6.07) is 17.4. The summed E-state index contributed by atoms with van der Waals surface area (Å²) in [5, 5.41) is 0. The molecule has 2 N–H and O–H groups in total. The molecule has 6 heteroatoms. The van der Waals surface area contributed by atoms with E-state index in [1.165, 1.54) is 0 Å². The van der Waals surface area contributed by atoms with Crippen molar-refractivity contribution in [1.29, 1.82) is 0 Å². The second-order valence-electron chi connectivity index (χ2n) is 7.06. The van der Waals surface area contributed by atoms with Crippen molar-refractivity contribution in [3.05, 3.63) is 65.7 Å². The van der Waals surface area contributed by atoms with Crippen LogP contribution in [0.4, 0.5) is 5.82 Å². The molecule has 6 nitrogen and oxygen atoms in total. The van der Waals surface area contributed by atoms with Gasteiger partial charge in [-0.2, -0.15) is 0 Å². The van der Waals surface area contributed by atoms with Crippen molar-refractivity contribution < 1.29 is 9.53 Å². The van der Waals surface area contributed by atoms with E-state index in [0.717, 1.165) is 11.1 Å². The lowest BCUT2D eigenvalue weighted by molar-refractivity contribution is 0.0381. The van der Waals surface area contributed by atoms with Gasteiger partial charge in [-0.05, 0) is 38.5 Å². The molecule has 2 heterocycles. The van der Waals surface area contributed by atoms with Gasteiger partial charge < -0.3 is 15.0 Å². The second-order valence-corrected chi connectivity index (χ2v) is 7.06. The molecule has 0 fully saturated rings. The van der Waals surface area contributed by atoms with Crippen molar-refractivity contribution in [2.45, 2.75) is 32.9 Å². The van der Waals surface area contributed by atoms with Crippen LogP contribution in [0.1, 0.15) is 42.7 Å². The molecule has 4 aromatic rings. The number of anilines is 1. The SMILES string of the molecule is CC(C)OC(=O)c1c(N)n([C@@H](C)c2ccccc2)c2nc3ccccc3nc12. The number of aromatic nitrogens is 3. The fourth-order valence-electron chi connectivity index (χ4n) is 3.43. The van der Waals surface area contributed by atoms with Crippen LogP contribution < -0.4 is 5.73 Å². The number of carbonyl (C=O) groups is 1. The highest BCUT2D eigenvalue weighted by Crippen LogP contribution is 2.33. The number of fused-ring (bicyclic) bond motifs is 2. The number of benzene rings is 2. The van der Waals surface area contributed by atoms with Crippen LogP contribution in [0, 0.1) is 0 Å². The van der Waals surface area contributed by atoms with E-state index in [4.69, 9.17) is 20.4 Å². The maximum Gasteiger partial charge on any atom is 0.344 e. The fourth-order valence-corrected chi connectivity index (χ4v) is 3.43. The van der Waals surface area contributed by atoms with Crippen molar-refractivity contribution in [1.82, 2.24) is 14.5 Å². The Hall–Kier alpha value is -3.41. The second kappa shape index (κ2) is 6.96.